The Labute approximate surface area is 184 Å². The standard InChI is InChI=1S/C28H43NO/c1-4-30-20-28(19-29-21(2)3)18-25(23-14-9-6-10-15-23)27-24(16-11-17-26(27)28)22-12-7-5-8-13-22/h11,16-18,21-23,29H,4-10,12-15,19-20H2,1-3H3. The fraction of sp³-hybridized carbons (Fsp3) is 0.714. The SMILES string of the molecule is CCOCC1(CNC(C)C)C=C(C2CCCCC2)c2c(C3CCCCC3)cccc21. The van der Waals surface area contributed by atoms with Gasteiger partial charge < -0.3 is 10.1 Å². The minimum Gasteiger partial charge on any atom is -0.380 e. The predicted octanol–water partition coefficient (Wildman–Crippen LogP) is 6.98. The molecular formula is C28H43NO. The normalized spacial score (nSPS) is 25.5. The summed E-state index contributed by atoms with van der Waals surface area (Å²) in [5.41, 5.74) is 6.50. The number of hydrogen-bond donors (Lipinski definition) is 1. The Bertz CT molecular complexity index is 724. The van der Waals surface area contributed by atoms with Crippen LogP contribution in [-0.2, 0) is 10.2 Å². The van der Waals surface area contributed by atoms with Gasteiger partial charge in [-0.25, -0.2) is 0 Å². The molecule has 0 aliphatic heterocycles. The molecule has 2 fully saturated rings. The third kappa shape index (κ3) is 4.55. The Balaban J connectivity index is 1.79. The summed E-state index contributed by atoms with van der Waals surface area (Å²) in [7, 11) is 0. The smallest absolute Gasteiger partial charge is 0.0610 e. The molecule has 0 spiro atoms. The maximum absolute atomic E-state index is 6.15. The minimum atomic E-state index is -0.0208. The first-order valence-corrected chi connectivity index (χ1v) is 12.8. The topological polar surface area (TPSA) is 21.3 Å². The molecule has 2 heteroatoms. The first kappa shape index (κ1) is 22.1. The quantitative estimate of drug-likeness (QED) is 0.500. The van der Waals surface area contributed by atoms with E-state index in [1.54, 1.807) is 22.3 Å². The number of rotatable bonds is 8. The average Bonchev–Trinajstić information content (AvgIpc) is 3.12. The molecule has 0 heterocycles. The third-order valence-corrected chi connectivity index (χ3v) is 7.83. The summed E-state index contributed by atoms with van der Waals surface area (Å²) < 4.78 is 6.15. The van der Waals surface area contributed by atoms with Crippen LogP contribution in [0.5, 0.6) is 0 Å². The molecule has 1 aromatic carbocycles. The Morgan fingerprint density at radius 3 is 2.27 bits per heavy atom. The van der Waals surface area contributed by atoms with Gasteiger partial charge in [0, 0.05) is 19.2 Å². The van der Waals surface area contributed by atoms with Crippen molar-refractivity contribution in [3.05, 3.63) is 41.0 Å². The first-order valence-electron chi connectivity index (χ1n) is 12.8. The van der Waals surface area contributed by atoms with Crippen molar-refractivity contribution in [3.8, 4) is 0 Å². The molecule has 4 rings (SSSR count). The van der Waals surface area contributed by atoms with E-state index >= 15 is 0 Å². The lowest BCUT2D eigenvalue weighted by Gasteiger charge is -2.32. The number of nitrogens with one attached hydrogen (secondary N) is 1. The van der Waals surface area contributed by atoms with Gasteiger partial charge in [0.25, 0.3) is 0 Å². The van der Waals surface area contributed by atoms with Crippen LogP contribution in [0.2, 0.25) is 0 Å². The van der Waals surface area contributed by atoms with Crippen molar-refractivity contribution in [3.63, 3.8) is 0 Å². The molecule has 166 valence electrons. The summed E-state index contributed by atoms with van der Waals surface area (Å²) in [6.07, 6.45) is 16.6. The Morgan fingerprint density at radius 1 is 0.967 bits per heavy atom. The van der Waals surface area contributed by atoms with Gasteiger partial charge in [-0.2, -0.15) is 0 Å². The third-order valence-electron chi connectivity index (χ3n) is 7.83. The predicted molar refractivity (Wildman–Crippen MR) is 128 cm³/mol. The lowest BCUT2D eigenvalue weighted by Crippen LogP contribution is -2.42. The zero-order valence-electron chi connectivity index (χ0n) is 19.6. The van der Waals surface area contributed by atoms with Crippen LogP contribution in [0.4, 0.5) is 0 Å². The van der Waals surface area contributed by atoms with Gasteiger partial charge in [-0.3, -0.25) is 0 Å². The largest absolute Gasteiger partial charge is 0.380 e. The molecule has 2 nitrogen and oxygen atoms in total. The van der Waals surface area contributed by atoms with Crippen molar-refractivity contribution in [2.75, 3.05) is 19.8 Å². The van der Waals surface area contributed by atoms with Gasteiger partial charge in [-0.15, -0.1) is 0 Å². The number of ether oxygens (including phenoxy) is 1. The van der Waals surface area contributed by atoms with Crippen molar-refractivity contribution >= 4 is 5.57 Å². The first-order chi connectivity index (χ1) is 14.6. The van der Waals surface area contributed by atoms with Crippen molar-refractivity contribution in [2.24, 2.45) is 5.92 Å². The lowest BCUT2D eigenvalue weighted by atomic mass is 9.75. The van der Waals surface area contributed by atoms with E-state index in [0.717, 1.165) is 31.6 Å². The van der Waals surface area contributed by atoms with E-state index < -0.39 is 0 Å². The van der Waals surface area contributed by atoms with Gasteiger partial charge in [-0.1, -0.05) is 76.6 Å². The van der Waals surface area contributed by atoms with Crippen LogP contribution in [0.15, 0.2) is 24.3 Å². The van der Waals surface area contributed by atoms with Crippen LogP contribution in [0.3, 0.4) is 0 Å². The molecule has 2 saturated carbocycles. The van der Waals surface area contributed by atoms with Gasteiger partial charge in [0.1, 0.15) is 0 Å². The number of allylic oxidation sites excluding steroid dienone is 1. The highest BCUT2D eigenvalue weighted by Crippen LogP contribution is 2.51. The Morgan fingerprint density at radius 2 is 1.63 bits per heavy atom. The van der Waals surface area contributed by atoms with E-state index in [1.165, 1.54) is 64.2 Å². The van der Waals surface area contributed by atoms with E-state index in [9.17, 15) is 0 Å². The van der Waals surface area contributed by atoms with E-state index in [4.69, 9.17) is 4.74 Å². The molecular weight excluding hydrogens is 366 g/mol. The van der Waals surface area contributed by atoms with Crippen LogP contribution >= 0.6 is 0 Å². The highest BCUT2D eigenvalue weighted by molar-refractivity contribution is 5.81. The number of hydrogen-bond acceptors (Lipinski definition) is 2. The molecule has 0 radical (unpaired) electrons. The molecule has 0 bridgehead atoms. The van der Waals surface area contributed by atoms with E-state index in [-0.39, 0.29) is 5.41 Å². The molecule has 3 aliphatic carbocycles. The fourth-order valence-electron chi connectivity index (χ4n) is 6.23. The monoisotopic (exact) mass is 409 g/mol. The minimum absolute atomic E-state index is 0.0208. The summed E-state index contributed by atoms with van der Waals surface area (Å²) in [6.45, 7) is 9.20. The maximum atomic E-state index is 6.15. The lowest BCUT2D eigenvalue weighted by molar-refractivity contribution is 0.108. The zero-order valence-corrected chi connectivity index (χ0v) is 19.6. The molecule has 0 amide bonds. The van der Waals surface area contributed by atoms with Crippen LogP contribution < -0.4 is 5.32 Å². The van der Waals surface area contributed by atoms with Crippen LogP contribution in [0.25, 0.3) is 5.57 Å². The van der Waals surface area contributed by atoms with Crippen LogP contribution in [0, 0.1) is 5.92 Å². The maximum Gasteiger partial charge on any atom is 0.0610 e. The van der Waals surface area contributed by atoms with Crippen LogP contribution in [0.1, 0.15) is 108 Å². The Kier molecular flexibility index (Phi) is 7.36. The fourth-order valence-corrected chi connectivity index (χ4v) is 6.23. The summed E-state index contributed by atoms with van der Waals surface area (Å²) in [4.78, 5) is 0. The molecule has 1 aromatic rings. The molecule has 0 aromatic heterocycles. The highest BCUT2D eigenvalue weighted by atomic mass is 16.5. The van der Waals surface area contributed by atoms with Crippen molar-refractivity contribution in [1.82, 2.24) is 5.32 Å². The van der Waals surface area contributed by atoms with Crippen molar-refractivity contribution in [2.45, 2.75) is 102 Å². The van der Waals surface area contributed by atoms with Gasteiger partial charge in [0.2, 0.25) is 0 Å². The van der Waals surface area contributed by atoms with Crippen LogP contribution in [-0.4, -0.2) is 25.8 Å². The molecule has 3 aliphatic rings. The molecule has 1 N–H and O–H groups in total. The Hall–Kier alpha value is -1.12. The number of fused-ring (bicyclic) bond motifs is 1. The van der Waals surface area contributed by atoms with E-state index in [1.807, 2.05) is 0 Å². The molecule has 1 unspecified atom stereocenters. The second-order valence-corrected chi connectivity index (χ2v) is 10.4. The summed E-state index contributed by atoms with van der Waals surface area (Å²) in [5.74, 6) is 1.49. The summed E-state index contributed by atoms with van der Waals surface area (Å²) in [6, 6.07) is 7.73. The number of benzene rings is 1. The van der Waals surface area contributed by atoms with Gasteiger partial charge in [0.05, 0.1) is 12.0 Å². The van der Waals surface area contributed by atoms with E-state index in [2.05, 4.69) is 50.4 Å². The summed E-state index contributed by atoms with van der Waals surface area (Å²) >= 11 is 0. The second-order valence-electron chi connectivity index (χ2n) is 10.4. The van der Waals surface area contributed by atoms with Gasteiger partial charge in [-0.05, 0) is 66.7 Å². The zero-order chi connectivity index (χ0) is 21.0. The molecule has 0 saturated heterocycles. The second kappa shape index (κ2) is 10.0. The highest BCUT2D eigenvalue weighted by Gasteiger charge is 2.42. The van der Waals surface area contributed by atoms with E-state index in [0.29, 0.717) is 6.04 Å². The molecule has 1 atom stereocenters. The van der Waals surface area contributed by atoms with Gasteiger partial charge >= 0.3 is 0 Å². The van der Waals surface area contributed by atoms with Crippen molar-refractivity contribution < 1.29 is 4.74 Å². The summed E-state index contributed by atoms with van der Waals surface area (Å²) in [5, 5.41) is 3.78. The average molecular weight is 410 g/mol. The van der Waals surface area contributed by atoms with Crippen molar-refractivity contribution in [1.29, 1.82) is 0 Å². The molecule has 30 heavy (non-hydrogen) atoms. The van der Waals surface area contributed by atoms with Gasteiger partial charge in [0.15, 0.2) is 0 Å².